The van der Waals surface area contributed by atoms with Crippen molar-refractivity contribution in [3.8, 4) is 11.5 Å². The molecule has 8 nitrogen and oxygen atoms in total. The fourth-order valence-corrected chi connectivity index (χ4v) is 4.42. The number of hydrogen-bond acceptors (Lipinski definition) is 5. The van der Waals surface area contributed by atoms with E-state index in [1.54, 1.807) is 12.1 Å². The average molecular weight is 565 g/mol. The molecule has 0 radical (unpaired) electrons. The largest absolute Gasteiger partial charge is 0.493 e. The number of nitrogens with zero attached hydrogens (tertiary/aromatic N) is 1. The van der Waals surface area contributed by atoms with Crippen LogP contribution in [-0.4, -0.2) is 40.6 Å². The van der Waals surface area contributed by atoms with Crippen LogP contribution in [0.3, 0.4) is 0 Å². The van der Waals surface area contributed by atoms with Crippen LogP contribution in [0, 0.1) is 6.92 Å². The minimum atomic E-state index is -1.22. The summed E-state index contributed by atoms with van der Waals surface area (Å²) in [5, 5.41) is 10.5. The molecule has 190 valence electrons. The van der Waals surface area contributed by atoms with Gasteiger partial charge >= 0.3 is 5.97 Å². The lowest BCUT2D eigenvalue weighted by molar-refractivity contribution is -0.134. The van der Waals surface area contributed by atoms with Gasteiger partial charge in [0.1, 0.15) is 5.56 Å². The molecular weight excluding hydrogens is 540 g/mol. The number of aromatic carboxylic acids is 1. The maximum atomic E-state index is 13.4. The van der Waals surface area contributed by atoms with Crippen LogP contribution in [0.5, 0.6) is 11.5 Å². The number of aromatic nitrogens is 1. The summed E-state index contributed by atoms with van der Waals surface area (Å²) >= 11 is 3.26. The Kier molecular flexibility index (Phi) is 7.93. The van der Waals surface area contributed by atoms with Gasteiger partial charge in [-0.05, 0) is 48.2 Å². The van der Waals surface area contributed by atoms with E-state index in [-0.39, 0.29) is 35.7 Å². The monoisotopic (exact) mass is 564 g/mol. The van der Waals surface area contributed by atoms with Crippen molar-refractivity contribution < 1.29 is 24.2 Å². The highest BCUT2D eigenvalue weighted by Crippen LogP contribution is 2.35. The van der Waals surface area contributed by atoms with Crippen molar-refractivity contribution in [1.82, 2.24) is 9.88 Å². The number of ether oxygens (including phenoxy) is 2. The summed E-state index contributed by atoms with van der Waals surface area (Å²) < 4.78 is 11.5. The number of carboxylic acids is 1. The van der Waals surface area contributed by atoms with Crippen molar-refractivity contribution >= 4 is 38.7 Å². The lowest BCUT2D eigenvalue weighted by Gasteiger charge is -2.23. The molecule has 0 unspecified atom stereocenters. The van der Waals surface area contributed by atoms with Crippen molar-refractivity contribution in [2.45, 2.75) is 20.0 Å². The van der Waals surface area contributed by atoms with Crippen molar-refractivity contribution in [3.05, 3.63) is 104 Å². The Bertz CT molecular complexity index is 1520. The summed E-state index contributed by atoms with van der Waals surface area (Å²) in [6.45, 7) is 1.79. The van der Waals surface area contributed by atoms with Gasteiger partial charge in [0.25, 0.3) is 11.5 Å². The predicted molar refractivity (Wildman–Crippen MR) is 143 cm³/mol. The van der Waals surface area contributed by atoms with Gasteiger partial charge in [0.2, 0.25) is 0 Å². The first kappa shape index (κ1) is 26.0. The van der Waals surface area contributed by atoms with E-state index in [1.165, 1.54) is 18.1 Å². The van der Waals surface area contributed by atoms with Gasteiger partial charge in [-0.3, -0.25) is 9.59 Å². The number of carbonyl (C=O) groups excluding carboxylic acids is 1. The summed E-state index contributed by atoms with van der Waals surface area (Å²) in [6, 6.07) is 19.8. The van der Waals surface area contributed by atoms with Gasteiger partial charge in [0.15, 0.2) is 18.1 Å². The van der Waals surface area contributed by atoms with Gasteiger partial charge in [-0.25, -0.2) is 4.79 Å². The highest BCUT2D eigenvalue weighted by Gasteiger charge is 2.22. The van der Waals surface area contributed by atoms with E-state index in [4.69, 9.17) is 9.47 Å². The van der Waals surface area contributed by atoms with Gasteiger partial charge in [-0.15, -0.1) is 0 Å². The molecule has 1 heterocycles. The Morgan fingerprint density at radius 2 is 1.78 bits per heavy atom. The van der Waals surface area contributed by atoms with E-state index in [0.717, 1.165) is 16.5 Å². The lowest BCUT2D eigenvalue weighted by Crippen LogP contribution is -2.36. The third-order valence-electron chi connectivity index (χ3n) is 5.82. The summed E-state index contributed by atoms with van der Waals surface area (Å²) in [5.41, 5.74) is 2.63. The van der Waals surface area contributed by atoms with Gasteiger partial charge in [-0.1, -0.05) is 57.9 Å². The van der Waals surface area contributed by atoms with E-state index < -0.39 is 18.5 Å². The Morgan fingerprint density at radius 1 is 1.03 bits per heavy atom. The van der Waals surface area contributed by atoms with Crippen LogP contribution in [0.2, 0.25) is 0 Å². The first-order valence-corrected chi connectivity index (χ1v) is 12.2. The molecule has 0 bridgehead atoms. The number of benzene rings is 3. The minimum Gasteiger partial charge on any atom is -0.493 e. The topological polar surface area (TPSA) is 109 Å². The Morgan fingerprint density at radius 3 is 2.49 bits per heavy atom. The molecule has 0 spiro atoms. The first-order chi connectivity index (χ1) is 17.7. The fraction of sp³-hybridized carbons (Fsp3) is 0.179. The molecule has 37 heavy (non-hydrogen) atoms. The number of aryl methyl sites for hydroxylation is 1. The molecule has 0 aliphatic rings. The van der Waals surface area contributed by atoms with Crippen molar-refractivity contribution in [2.24, 2.45) is 0 Å². The number of H-pyrrole nitrogens is 1. The SMILES string of the molecule is COc1cc(Br)cc(C(=O)O)c1OCC(=O)N(Cc1ccccc1)Cc1cc2cc(C)ccc2[nH]c1=O. The van der Waals surface area contributed by atoms with Gasteiger partial charge in [0.05, 0.1) is 13.7 Å². The number of aromatic amines is 1. The van der Waals surface area contributed by atoms with Crippen molar-refractivity contribution in [2.75, 3.05) is 13.7 Å². The summed E-state index contributed by atoms with van der Waals surface area (Å²) in [4.78, 5) is 42.4. The molecular formula is C28H25BrN2O6. The molecule has 1 aromatic heterocycles. The van der Waals surface area contributed by atoms with Crippen LogP contribution >= 0.6 is 15.9 Å². The highest BCUT2D eigenvalue weighted by atomic mass is 79.9. The number of hydrogen-bond donors (Lipinski definition) is 2. The Balaban J connectivity index is 1.64. The lowest BCUT2D eigenvalue weighted by atomic mass is 10.1. The van der Waals surface area contributed by atoms with Crippen LogP contribution in [0.15, 0.2) is 76.0 Å². The second-order valence-electron chi connectivity index (χ2n) is 8.53. The van der Waals surface area contributed by atoms with Crippen molar-refractivity contribution in [3.63, 3.8) is 0 Å². The molecule has 9 heteroatoms. The van der Waals surface area contributed by atoms with E-state index in [2.05, 4.69) is 20.9 Å². The van der Waals surface area contributed by atoms with Gasteiger partial charge < -0.3 is 24.5 Å². The number of carbonyl (C=O) groups is 2. The molecule has 3 aromatic carbocycles. The number of methoxy groups -OCH3 is 1. The number of fused-ring (bicyclic) bond motifs is 1. The molecule has 0 aliphatic heterocycles. The molecule has 2 N–H and O–H groups in total. The number of carboxylic acid groups (broad SMARTS) is 1. The van der Waals surface area contributed by atoms with Crippen LogP contribution < -0.4 is 15.0 Å². The number of pyridine rings is 1. The number of rotatable bonds is 9. The second kappa shape index (κ2) is 11.3. The summed E-state index contributed by atoms with van der Waals surface area (Å²) in [5.74, 6) is -1.52. The third-order valence-corrected chi connectivity index (χ3v) is 6.27. The zero-order valence-electron chi connectivity index (χ0n) is 20.3. The zero-order chi connectivity index (χ0) is 26.5. The summed E-state index contributed by atoms with van der Waals surface area (Å²) in [7, 11) is 1.39. The number of nitrogens with one attached hydrogen (secondary N) is 1. The predicted octanol–water partition coefficient (Wildman–Crippen LogP) is 4.91. The normalized spacial score (nSPS) is 10.8. The van der Waals surface area contributed by atoms with Crippen LogP contribution in [0.4, 0.5) is 0 Å². The maximum absolute atomic E-state index is 13.4. The highest BCUT2D eigenvalue weighted by molar-refractivity contribution is 9.10. The number of amides is 1. The van der Waals surface area contributed by atoms with E-state index in [0.29, 0.717) is 15.6 Å². The molecule has 0 saturated heterocycles. The molecule has 4 rings (SSSR count). The molecule has 1 amide bonds. The molecule has 4 aromatic rings. The molecule has 0 aliphatic carbocycles. The van der Waals surface area contributed by atoms with Crippen molar-refractivity contribution in [1.29, 1.82) is 0 Å². The second-order valence-corrected chi connectivity index (χ2v) is 9.44. The molecule has 0 fully saturated rings. The Labute approximate surface area is 221 Å². The van der Waals surface area contributed by atoms with E-state index >= 15 is 0 Å². The smallest absolute Gasteiger partial charge is 0.339 e. The zero-order valence-corrected chi connectivity index (χ0v) is 21.9. The quantitative estimate of drug-likeness (QED) is 0.299. The van der Waals surface area contributed by atoms with Crippen LogP contribution in [0.1, 0.15) is 27.0 Å². The van der Waals surface area contributed by atoms with Crippen LogP contribution in [-0.2, 0) is 17.9 Å². The fourth-order valence-electron chi connectivity index (χ4n) is 3.98. The van der Waals surface area contributed by atoms with Gasteiger partial charge in [0, 0.05) is 22.1 Å². The third kappa shape index (κ3) is 6.18. The average Bonchev–Trinajstić information content (AvgIpc) is 2.88. The van der Waals surface area contributed by atoms with E-state index in [1.807, 2.05) is 55.5 Å². The van der Waals surface area contributed by atoms with Crippen LogP contribution in [0.25, 0.3) is 10.9 Å². The molecule has 0 saturated carbocycles. The maximum Gasteiger partial charge on any atom is 0.339 e. The first-order valence-electron chi connectivity index (χ1n) is 11.4. The summed E-state index contributed by atoms with van der Waals surface area (Å²) in [6.07, 6.45) is 0. The molecule has 0 atom stereocenters. The Hall–Kier alpha value is -4.11. The standard InChI is InChI=1S/C28H25BrN2O6/c1-17-8-9-23-19(10-17)11-20(27(33)30-23)15-31(14-18-6-4-3-5-7-18)25(32)16-37-26-22(28(34)35)12-21(29)13-24(26)36-2/h3-13H,14-16H2,1-2H3,(H,30,33)(H,34,35). The van der Waals surface area contributed by atoms with E-state index in [9.17, 15) is 19.5 Å². The minimum absolute atomic E-state index is 0.0412. The van der Waals surface area contributed by atoms with Gasteiger partial charge in [-0.2, -0.15) is 0 Å². The number of halogens is 1.